The Bertz CT molecular complexity index is 687. The summed E-state index contributed by atoms with van der Waals surface area (Å²) in [5.74, 6) is -1.20. The largest absolute Gasteiger partial charge is 0.663 e. The van der Waals surface area contributed by atoms with Crippen LogP contribution in [0.3, 0.4) is 0 Å². The number of rotatable bonds is 2. The molecule has 0 aliphatic rings. The van der Waals surface area contributed by atoms with Crippen molar-refractivity contribution in [2.75, 3.05) is 12.3 Å². The molecule has 0 spiro atoms. The van der Waals surface area contributed by atoms with Gasteiger partial charge in [0.2, 0.25) is 5.95 Å². The van der Waals surface area contributed by atoms with Crippen LogP contribution >= 0.6 is 0 Å². The molecule has 13 nitrogen and oxygen atoms in total. The number of anilines is 1. The van der Waals surface area contributed by atoms with Gasteiger partial charge in [-0.1, -0.05) is 0 Å². The van der Waals surface area contributed by atoms with E-state index < -0.39 is 18.6 Å². The van der Waals surface area contributed by atoms with E-state index in [1.165, 1.54) is 6.33 Å². The average Bonchev–Trinajstić information content (AvgIpc) is 3.01. The summed E-state index contributed by atoms with van der Waals surface area (Å²) >= 11 is 0. The van der Waals surface area contributed by atoms with Crippen LogP contribution in [0.5, 0.6) is 0 Å². The fraction of sp³-hybridized carbons (Fsp3) is 0.250. The molecule has 0 bridgehead atoms. The second-order valence-corrected chi connectivity index (χ2v) is 3.55. The fourth-order valence-electron chi connectivity index (χ4n) is 1.16. The van der Waals surface area contributed by atoms with Gasteiger partial charge in [-0.2, -0.15) is 4.98 Å². The van der Waals surface area contributed by atoms with Gasteiger partial charge in [-0.05, 0) is 6.04 Å². The van der Waals surface area contributed by atoms with E-state index in [1.807, 2.05) is 0 Å². The van der Waals surface area contributed by atoms with Gasteiger partial charge in [0.05, 0.1) is 6.33 Å². The summed E-state index contributed by atoms with van der Waals surface area (Å²) in [5, 5.41) is 15.8. The van der Waals surface area contributed by atoms with E-state index in [1.54, 1.807) is 11.6 Å². The minimum atomic E-state index is -1.38. The maximum Gasteiger partial charge on any atom is 0.287 e. The number of aryl methyl sites for hydroxylation is 1. The van der Waals surface area contributed by atoms with Crippen molar-refractivity contribution in [2.24, 2.45) is 7.05 Å². The average molecular weight is 540 g/mol. The molecule has 2 aromatic heterocycles. The SMILES string of the molecule is Cn1cnc2nc(N)[nH]c(=O)c21.[C-]=O.[C-]=O.[CH-]=O.[NH-]C(CO)C(=O)O.[Re]. The first kappa shape index (κ1) is 31.0. The van der Waals surface area contributed by atoms with E-state index in [2.05, 4.69) is 35.3 Å². The van der Waals surface area contributed by atoms with Crippen molar-refractivity contribution in [1.82, 2.24) is 19.5 Å². The van der Waals surface area contributed by atoms with Gasteiger partial charge in [0.15, 0.2) is 11.2 Å². The van der Waals surface area contributed by atoms with E-state index in [4.69, 9.17) is 36.1 Å². The number of imidazole rings is 1. The number of nitrogens with one attached hydrogen (secondary N) is 2. The number of aliphatic hydroxyl groups excluding tert-OH is 1. The molecule has 0 saturated carbocycles. The maximum absolute atomic E-state index is 11.2. The summed E-state index contributed by atoms with van der Waals surface area (Å²) < 4.78 is 1.60. The number of nitrogens with zero attached hydrogens (tertiary/aromatic N) is 3. The number of fused-ring (bicyclic) bond motifs is 1. The Morgan fingerprint density at radius 2 is 1.88 bits per heavy atom. The van der Waals surface area contributed by atoms with Crippen LogP contribution in [0, 0.1) is 0 Å². The molecule has 0 aromatic carbocycles. The number of nitrogen functional groups attached to an aromatic ring is 1. The monoisotopic (exact) mass is 541 g/mol. The zero-order valence-corrected chi connectivity index (χ0v) is 15.9. The van der Waals surface area contributed by atoms with Crippen LogP contribution in [0.2, 0.25) is 0 Å². The van der Waals surface area contributed by atoms with Gasteiger partial charge in [-0.15, -0.1) is 0 Å². The Balaban J connectivity index is -0.000000151. The molecular formula is C12H14N6O7Re-4. The first-order valence-corrected chi connectivity index (χ1v) is 5.72. The minimum absolute atomic E-state index is 0. The molecule has 14 heteroatoms. The molecule has 0 amide bonds. The van der Waals surface area contributed by atoms with Gasteiger partial charge in [-0.25, -0.2) is 4.98 Å². The summed E-state index contributed by atoms with van der Waals surface area (Å²) in [4.78, 5) is 53.7. The molecule has 0 aliphatic heterocycles. The van der Waals surface area contributed by atoms with Crippen LogP contribution < -0.4 is 11.3 Å². The molecule has 3 radical (unpaired) electrons. The van der Waals surface area contributed by atoms with E-state index in [0.717, 1.165) is 0 Å². The van der Waals surface area contributed by atoms with Crippen molar-refractivity contribution >= 4 is 43.4 Å². The summed E-state index contributed by atoms with van der Waals surface area (Å²) in [7, 11) is 1.72. The molecule has 0 fully saturated rings. The smallest absolute Gasteiger partial charge is 0.287 e. The number of carboxylic acid groups (broad SMARTS) is 1. The minimum Gasteiger partial charge on any atom is -0.663 e. The molecular weight excluding hydrogens is 526 g/mol. The Hall–Kier alpha value is -2.79. The molecule has 0 saturated heterocycles. The first-order chi connectivity index (χ1) is 11.9. The van der Waals surface area contributed by atoms with Gasteiger partial charge in [-0.3, -0.25) is 21.4 Å². The summed E-state index contributed by atoms with van der Waals surface area (Å²) in [6, 6.07) is -1.38. The first-order valence-electron chi connectivity index (χ1n) is 5.72. The number of aromatic amines is 1. The van der Waals surface area contributed by atoms with Crippen LogP contribution in [0.4, 0.5) is 5.95 Å². The molecule has 2 heterocycles. The third-order valence-corrected chi connectivity index (χ3v) is 2.08. The normalized spacial score (nSPS) is 9.04. The number of H-pyrrole nitrogens is 1. The van der Waals surface area contributed by atoms with Gasteiger partial charge < -0.3 is 54.2 Å². The fourth-order valence-corrected chi connectivity index (χ4v) is 1.16. The number of aliphatic hydroxyl groups is 1. The Labute approximate surface area is 161 Å². The molecule has 0 aliphatic carbocycles. The van der Waals surface area contributed by atoms with Crippen molar-refractivity contribution in [3.05, 3.63) is 22.4 Å². The predicted octanol–water partition coefficient (Wildman–Crippen LogP) is -2.35. The molecule has 6 N–H and O–H groups in total. The van der Waals surface area contributed by atoms with Crippen LogP contribution in [0.15, 0.2) is 11.1 Å². The van der Waals surface area contributed by atoms with Crippen LogP contribution in [0.1, 0.15) is 0 Å². The topological polar surface area (TPSA) is 222 Å². The van der Waals surface area contributed by atoms with Crippen molar-refractivity contribution in [3.63, 3.8) is 0 Å². The number of carbonyl (C=O) groups is 1. The predicted molar refractivity (Wildman–Crippen MR) is 84.5 cm³/mol. The standard InChI is InChI=1S/C6H7N5O.C3H6NO3.CHO.2CO.Re/c1-11-2-8-4-3(11)5(12)10-6(7)9-4;4-2(1-5)3(6)7;3*1-2;/h2H,1H3,(H3,7,9,10,12);2,4-5H,1H2,(H,6,7);1H;;;/q;4*-1;. The van der Waals surface area contributed by atoms with E-state index >= 15 is 0 Å². The number of hydrogen-bond donors (Lipinski definition) is 4. The number of carboxylic acids is 1. The number of carbonyl (C=O) groups excluding carboxylic acids is 3. The van der Waals surface area contributed by atoms with Crippen LogP contribution in [0.25, 0.3) is 16.9 Å². The van der Waals surface area contributed by atoms with Crippen molar-refractivity contribution < 1.29 is 49.8 Å². The van der Waals surface area contributed by atoms with Crippen LogP contribution in [-0.4, -0.2) is 68.7 Å². The summed E-state index contributed by atoms with van der Waals surface area (Å²) in [6.45, 7) is 11.6. The van der Waals surface area contributed by atoms with Gasteiger partial charge in [0, 0.05) is 34.1 Å². The third kappa shape index (κ3) is 10.9. The Morgan fingerprint density at radius 3 is 2.23 bits per heavy atom. The quantitative estimate of drug-likeness (QED) is 0.234. The number of nitrogens with two attached hydrogens (primary N) is 1. The Kier molecular flexibility index (Phi) is 22.1. The van der Waals surface area contributed by atoms with Crippen LogP contribution in [-0.2, 0) is 46.6 Å². The van der Waals surface area contributed by atoms with E-state index in [0.29, 0.717) is 11.2 Å². The van der Waals surface area contributed by atoms with Gasteiger partial charge in [0.1, 0.15) is 0 Å². The number of aliphatic carboxylic acids is 1. The second-order valence-electron chi connectivity index (χ2n) is 3.55. The summed E-state index contributed by atoms with van der Waals surface area (Å²) in [6.07, 6.45) is 1.52. The zero-order chi connectivity index (χ0) is 20.6. The van der Waals surface area contributed by atoms with Gasteiger partial charge >= 0.3 is 0 Å². The molecule has 26 heavy (non-hydrogen) atoms. The van der Waals surface area contributed by atoms with E-state index in [-0.39, 0.29) is 31.9 Å². The van der Waals surface area contributed by atoms with Crippen molar-refractivity contribution in [1.29, 1.82) is 0 Å². The van der Waals surface area contributed by atoms with Crippen molar-refractivity contribution in [2.45, 2.75) is 6.04 Å². The van der Waals surface area contributed by atoms with Gasteiger partial charge in [0.25, 0.3) is 11.5 Å². The molecule has 1 unspecified atom stereocenters. The van der Waals surface area contributed by atoms with E-state index in [9.17, 15) is 9.59 Å². The maximum atomic E-state index is 11.2. The number of hydrogen-bond acceptors (Lipinski definition) is 9. The third-order valence-electron chi connectivity index (χ3n) is 2.08. The summed E-state index contributed by atoms with van der Waals surface area (Å²) in [5.41, 5.74) is 12.3. The van der Waals surface area contributed by atoms with Crippen molar-refractivity contribution in [3.8, 4) is 0 Å². The number of aromatic nitrogens is 4. The Morgan fingerprint density at radius 1 is 1.42 bits per heavy atom. The molecule has 1 atom stereocenters. The molecule has 2 aromatic rings. The second kappa shape index (κ2) is 18.5. The zero-order valence-electron chi connectivity index (χ0n) is 13.2. The molecule has 145 valence electrons. The molecule has 2 rings (SSSR count).